The molecular formula is C24H26O3. The molecule has 2 aromatic carbocycles. The van der Waals surface area contributed by atoms with Gasteiger partial charge in [-0.1, -0.05) is 36.4 Å². The number of carbonyl (C=O) groups excluding carboxylic acids is 2. The van der Waals surface area contributed by atoms with E-state index in [0.717, 1.165) is 32.1 Å². The number of hydrogen-bond donors (Lipinski definition) is 0. The Kier molecular flexibility index (Phi) is 4.86. The van der Waals surface area contributed by atoms with E-state index >= 15 is 0 Å². The Morgan fingerprint density at radius 1 is 1.15 bits per heavy atom. The first kappa shape index (κ1) is 18.0. The van der Waals surface area contributed by atoms with Crippen molar-refractivity contribution in [2.45, 2.75) is 50.4 Å². The molecule has 3 heteroatoms. The summed E-state index contributed by atoms with van der Waals surface area (Å²) >= 11 is 0. The van der Waals surface area contributed by atoms with E-state index in [-0.39, 0.29) is 11.4 Å². The highest BCUT2D eigenvalue weighted by atomic mass is 16.5. The molecular weight excluding hydrogens is 336 g/mol. The Hall–Kier alpha value is -2.42. The van der Waals surface area contributed by atoms with Gasteiger partial charge in [0.1, 0.15) is 5.78 Å². The van der Waals surface area contributed by atoms with Crippen molar-refractivity contribution in [2.75, 3.05) is 7.11 Å². The van der Waals surface area contributed by atoms with E-state index in [0.29, 0.717) is 30.1 Å². The smallest absolute Gasteiger partial charge is 0.337 e. The summed E-state index contributed by atoms with van der Waals surface area (Å²) in [5.74, 6) is 0.497. The molecule has 27 heavy (non-hydrogen) atoms. The highest BCUT2D eigenvalue weighted by Crippen LogP contribution is 2.50. The maximum Gasteiger partial charge on any atom is 0.337 e. The molecule has 0 N–H and O–H groups in total. The van der Waals surface area contributed by atoms with Crippen molar-refractivity contribution in [1.82, 2.24) is 0 Å². The molecule has 3 nitrogen and oxygen atoms in total. The monoisotopic (exact) mass is 362 g/mol. The fraction of sp³-hybridized carbons (Fsp3) is 0.417. The van der Waals surface area contributed by atoms with Gasteiger partial charge in [0.25, 0.3) is 0 Å². The predicted molar refractivity (Wildman–Crippen MR) is 105 cm³/mol. The number of carbonyl (C=O) groups is 2. The quantitative estimate of drug-likeness (QED) is 0.746. The van der Waals surface area contributed by atoms with Crippen LogP contribution in [0.5, 0.6) is 0 Å². The standard InChI is InChI=1S/C24H26O3/c1-27-23(26)19-10-11-22-18(14-19)8-5-9-20-15-21(25)12-13-24(20,22)16-17-6-3-2-4-7-17/h2-4,6-7,10-11,14,20H,5,8-9,12-13,15-16H2,1H3. The molecule has 2 aliphatic carbocycles. The van der Waals surface area contributed by atoms with Crippen LogP contribution < -0.4 is 0 Å². The van der Waals surface area contributed by atoms with Crippen molar-refractivity contribution in [3.63, 3.8) is 0 Å². The van der Waals surface area contributed by atoms with E-state index in [4.69, 9.17) is 4.74 Å². The van der Waals surface area contributed by atoms with Crippen LogP contribution >= 0.6 is 0 Å². The van der Waals surface area contributed by atoms with Crippen LogP contribution in [0, 0.1) is 5.92 Å². The molecule has 1 fully saturated rings. The van der Waals surface area contributed by atoms with Gasteiger partial charge in [0.2, 0.25) is 0 Å². The molecule has 2 aliphatic rings. The van der Waals surface area contributed by atoms with E-state index in [2.05, 4.69) is 30.3 Å². The van der Waals surface area contributed by atoms with Gasteiger partial charge in [0, 0.05) is 18.3 Å². The van der Waals surface area contributed by atoms with E-state index in [9.17, 15) is 9.59 Å². The Balaban J connectivity index is 1.82. The number of aryl methyl sites for hydroxylation is 1. The van der Waals surface area contributed by atoms with Crippen LogP contribution in [0.15, 0.2) is 48.5 Å². The van der Waals surface area contributed by atoms with E-state index in [1.54, 1.807) is 0 Å². The Labute approximate surface area is 160 Å². The van der Waals surface area contributed by atoms with Gasteiger partial charge in [0.15, 0.2) is 0 Å². The largest absolute Gasteiger partial charge is 0.465 e. The normalized spacial score (nSPS) is 24.5. The summed E-state index contributed by atoms with van der Waals surface area (Å²) in [5, 5.41) is 0. The number of benzene rings is 2. The van der Waals surface area contributed by atoms with Gasteiger partial charge in [-0.3, -0.25) is 4.79 Å². The summed E-state index contributed by atoms with van der Waals surface area (Å²) in [5.41, 5.74) is 4.52. The number of fused-ring (bicyclic) bond motifs is 3. The zero-order valence-corrected chi connectivity index (χ0v) is 15.9. The molecule has 1 saturated carbocycles. The fourth-order valence-electron chi connectivity index (χ4n) is 5.23. The average molecular weight is 362 g/mol. The molecule has 0 bridgehead atoms. The Morgan fingerprint density at radius 3 is 2.74 bits per heavy atom. The maximum absolute atomic E-state index is 12.3. The minimum absolute atomic E-state index is 0.0181. The van der Waals surface area contributed by atoms with Crippen LogP contribution in [0.2, 0.25) is 0 Å². The predicted octanol–water partition coefficient (Wildman–Crippen LogP) is 4.66. The van der Waals surface area contributed by atoms with E-state index in [1.165, 1.54) is 23.8 Å². The molecule has 140 valence electrons. The molecule has 2 aromatic rings. The third kappa shape index (κ3) is 3.31. The van der Waals surface area contributed by atoms with E-state index < -0.39 is 0 Å². The number of esters is 1. The minimum Gasteiger partial charge on any atom is -0.465 e. The van der Waals surface area contributed by atoms with Gasteiger partial charge >= 0.3 is 5.97 Å². The molecule has 0 aliphatic heterocycles. The third-order valence-corrected chi connectivity index (χ3v) is 6.53. The second-order valence-corrected chi connectivity index (χ2v) is 8.01. The van der Waals surface area contributed by atoms with Crippen molar-refractivity contribution in [2.24, 2.45) is 5.92 Å². The Morgan fingerprint density at radius 2 is 1.96 bits per heavy atom. The average Bonchev–Trinajstić information content (AvgIpc) is 2.84. The summed E-state index contributed by atoms with van der Waals surface area (Å²) in [7, 11) is 1.42. The lowest BCUT2D eigenvalue weighted by Gasteiger charge is -2.44. The number of methoxy groups -OCH3 is 1. The van der Waals surface area contributed by atoms with Gasteiger partial charge in [0.05, 0.1) is 12.7 Å². The zero-order chi connectivity index (χ0) is 18.9. The number of rotatable bonds is 3. The number of ketones is 1. The summed E-state index contributed by atoms with van der Waals surface area (Å²) < 4.78 is 4.92. The minimum atomic E-state index is -0.283. The number of ether oxygens (including phenoxy) is 1. The van der Waals surface area contributed by atoms with Crippen molar-refractivity contribution < 1.29 is 14.3 Å². The first-order valence-corrected chi connectivity index (χ1v) is 9.90. The van der Waals surface area contributed by atoms with Crippen molar-refractivity contribution in [3.05, 3.63) is 70.8 Å². The summed E-state index contributed by atoms with van der Waals surface area (Å²) in [6.07, 6.45) is 6.28. The van der Waals surface area contributed by atoms with Crippen LogP contribution in [0.3, 0.4) is 0 Å². The van der Waals surface area contributed by atoms with Gasteiger partial charge < -0.3 is 4.74 Å². The molecule has 0 radical (unpaired) electrons. The first-order chi connectivity index (χ1) is 13.1. The maximum atomic E-state index is 12.3. The molecule has 4 rings (SSSR count). The summed E-state index contributed by atoms with van der Waals surface area (Å²) in [4.78, 5) is 24.3. The molecule has 0 spiro atoms. The number of Topliss-reactive ketones (excluding diaryl/α,β-unsaturated/α-hetero) is 1. The summed E-state index contributed by atoms with van der Waals surface area (Å²) in [6.45, 7) is 0. The molecule has 0 saturated heterocycles. The van der Waals surface area contributed by atoms with Crippen molar-refractivity contribution >= 4 is 11.8 Å². The van der Waals surface area contributed by atoms with E-state index in [1.807, 2.05) is 18.2 Å². The van der Waals surface area contributed by atoms with Crippen LogP contribution in [-0.4, -0.2) is 18.9 Å². The SMILES string of the molecule is COC(=O)c1ccc2c(c1)CCCC1CC(=O)CCC21Cc1ccccc1. The lowest BCUT2D eigenvalue weighted by molar-refractivity contribution is -0.123. The van der Waals surface area contributed by atoms with Crippen LogP contribution in [-0.2, 0) is 27.8 Å². The topological polar surface area (TPSA) is 43.4 Å². The van der Waals surface area contributed by atoms with Gasteiger partial charge in [-0.15, -0.1) is 0 Å². The second-order valence-electron chi connectivity index (χ2n) is 8.01. The highest BCUT2D eigenvalue weighted by Gasteiger charge is 2.46. The van der Waals surface area contributed by atoms with Crippen molar-refractivity contribution in [3.8, 4) is 0 Å². The second kappa shape index (κ2) is 7.30. The zero-order valence-electron chi connectivity index (χ0n) is 15.9. The molecule has 2 unspecified atom stereocenters. The molecule has 0 amide bonds. The molecule has 0 heterocycles. The Bertz CT molecular complexity index is 855. The fourth-order valence-corrected chi connectivity index (χ4v) is 5.23. The molecule has 0 aromatic heterocycles. The van der Waals surface area contributed by atoms with Gasteiger partial charge in [-0.2, -0.15) is 0 Å². The molecule has 2 atom stereocenters. The lowest BCUT2D eigenvalue weighted by Crippen LogP contribution is -2.42. The first-order valence-electron chi connectivity index (χ1n) is 9.90. The van der Waals surface area contributed by atoms with Crippen LogP contribution in [0.1, 0.15) is 59.2 Å². The third-order valence-electron chi connectivity index (χ3n) is 6.53. The number of hydrogen-bond acceptors (Lipinski definition) is 3. The van der Waals surface area contributed by atoms with Crippen molar-refractivity contribution in [1.29, 1.82) is 0 Å². The highest BCUT2D eigenvalue weighted by molar-refractivity contribution is 5.89. The van der Waals surface area contributed by atoms with Gasteiger partial charge in [-0.05, 0) is 66.8 Å². The summed E-state index contributed by atoms with van der Waals surface area (Å²) in [6, 6.07) is 16.7. The van der Waals surface area contributed by atoms with Gasteiger partial charge in [-0.25, -0.2) is 4.79 Å². The van der Waals surface area contributed by atoms with Crippen LogP contribution in [0.25, 0.3) is 0 Å². The lowest BCUT2D eigenvalue weighted by atomic mass is 9.59. The van der Waals surface area contributed by atoms with Crippen LogP contribution in [0.4, 0.5) is 0 Å².